The van der Waals surface area contributed by atoms with E-state index in [1.54, 1.807) is 12.1 Å². The van der Waals surface area contributed by atoms with Gasteiger partial charge in [-0.1, -0.05) is 0 Å². The van der Waals surface area contributed by atoms with Crippen LogP contribution in [0.15, 0.2) is 41.4 Å². The molecule has 6 nitrogen and oxygen atoms in total. The monoisotopic (exact) mass is 282 g/mol. The molecule has 0 atom stereocenters. The fourth-order valence-corrected chi connectivity index (χ4v) is 1.96. The van der Waals surface area contributed by atoms with Crippen LogP contribution >= 0.6 is 0 Å². The zero-order chi connectivity index (χ0) is 13.9. The van der Waals surface area contributed by atoms with Crippen molar-refractivity contribution in [3.8, 4) is 0 Å². The van der Waals surface area contributed by atoms with Crippen LogP contribution in [0.3, 0.4) is 0 Å². The van der Waals surface area contributed by atoms with Crippen molar-refractivity contribution in [1.82, 2.24) is 10.2 Å². The number of halogens is 1. The number of benzene rings is 1. The van der Waals surface area contributed by atoms with Crippen molar-refractivity contribution in [3.05, 3.63) is 48.0 Å². The molecule has 100 valence electrons. The SMILES string of the molecule is NS(=O)(=O)c1ccc(NCc2cccnn2)c(F)c1. The standard InChI is InChI=1S/C11H11FN4O2S/c12-10-6-9(19(13,17)18)3-4-11(10)14-7-8-2-1-5-15-16-8/h1-6,14H,7H2,(H2,13,17,18). The highest BCUT2D eigenvalue weighted by Crippen LogP contribution is 2.18. The molecule has 19 heavy (non-hydrogen) atoms. The molecule has 1 heterocycles. The van der Waals surface area contributed by atoms with Crippen LogP contribution in [-0.4, -0.2) is 18.6 Å². The Morgan fingerprint density at radius 3 is 2.68 bits per heavy atom. The average Bonchev–Trinajstić information content (AvgIpc) is 2.37. The highest BCUT2D eigenvalue weighted by atomic mass is 32.2. The molecule has 1 aromatic carbocycles. The van der Waals surface area contributed by atoms with E-state index in [1.165, 1.54) is 18.3 Å². The van der Waals surface area contributed by atoms with Crippen LogP contribution in [0.25, 0.3) is 0 Å². The van der Waals surface area contributed by atoms with Crippen molar-refractivity contribution < 1.29 is 12.8 Å². The summed E-state index contributed by atoms with van der Waals surface area (Å²) in [5.41, 5.74) is 0.801. The number of anilines is 1. The lowest BCUT2D eigenvalue weighted by Gasteiger charge is -2.07. The second-order valence-electron chi connectivity index (χ2n) is 3.76. The van der Waals surface area contributed by atoms with Crippen molar-refractivity contribution in [3.63, 3.8) is 0 Å². The minimum absolute atomic E-state index is 0.165. The molecule has 0 aliphatic carbocycles. The number of aromatic nitrogens is 2. The Labute approximate surface area is 109 Å². The van der Waals surface area contributed by atoms with Crippen LogP contribution in [0.5, 0.6) is 0 Å². The highest BCUT2D eigenvalue weighted by molar-refractivity contribution is 7.89. The third-order valence-corrected chi connectivity index (χ3v) is 3.27. The van der Waals surface area contributed by atoms with Gasteiger partial charge in [-0.3, -0.25) is 0 Å². The van der Waals surface area contributed by atoms with E-state index < -0.39 is 15.8 Å². The van der Waals surface area contributed by atoms with Crippen molar-refractivity contribution in [2.24, 2.45) is 5.14 Å². The summed E-state index contributed by atoms with van der Waals surface area (Å²) in [6.07, 6.45) is 1.53. The van der Waals surface area contributed by atoms with Gasteiger partial charge in [0.15, 0.2) is 0 Å². The second kappa shape index (κ2) is 5.29. The van der Waals surface area contributed by atoms with Gasteiger partial charge in [0, 0.05) is 6.20 Å². The summed E-state index contributed by atoms with van der Waals surface area (Å²) in [6, 6.07) is 6.86. The number of hydrogen-bond donors (Lipinski definition) is 2. The van der Waals surface area contributed by atoms with Gasteiger partial charge in [0.25, 0.3) is 0 Å². The highest BCUT2D eigenvalue weighted by Gasteiger charge is 2.11. The van der Waals surface area contributed by atoms with Crippen molar-refractivity contribution in [2.75, 3.05) is 5.32 Å². The largest absolute Gasteiger partial charge is 0.377 e. The van der Waals surface area contributed by atoms with E-state index in [1.807, 2.05) is 0 Å². The molecular formula is C11H11FN4O2S. The summed E-state index contributed by atoms with van der Waals surface area (Å²) in [7, 11) is -3.90. The number of primary sulfonamides is 1. The molecule has 2 rings (SSSR count). The molecule has 0 unspecified atom stereocenters. The molecule has 0 saturated carbocycles. The maximum absolute atomic E-state index is 13.7. The van der Waals surface area contributed by atoms with Gasteiger partial charge in [-0.05, 0) is 30.3 Å². The smallest absolute Gasteiger partial charge is 0.238 e. The topological polar surface area (TPSA) is 98.0 Å². The molecule has 0 amide bonds. The normalized spacial score (nSPS) is 11.3. The van der Waals surface area contributed by atoms with E-state index in [4.69, 9.17) is 5.14 Å². The van der Waals surface area contributed by atoms with Crippen LogP contribution in [-0.2, 0) is 16.6 Å². The number of nitrogens with two attached hydrogens (primary N) is 1. The summed E-state index contributed by atoms with van der Waals surface area (Å²) in [6.45, 7) is 0.277. The minimum atomic E-state index is -3.90. The molecule has 1 aromatic heterocycles. The Balaban J connectivity index is 2.14. The zero-order valence-corrected chi connectivity index (χ0v) is 10.6. The average molecular weight is 282 g/mol. The lowest BCUT2D eigenvalue weighted by molar-refractivity contribution is 0.593. The number of nitrogens with one attached hydrogen (secondary N) is 1. The third-order valence-electron chi connectivity index (χ3n) is 2.36. The first-order valence-electron chi connectivity index (χ1n) is 5.29. The first kappa shape index (κ1) is 13.4. The van der Waals surface area contributed by atoms with Gasteiger partial charge in [-0.2, -0.15) is 10.2 Å². The molecule has 0 aliphatic rings. The van der Waals surface area contributed by atoms with Crippen molar-refractivity contribution in [2.45, 2.75) is 11.4 Å². The van der Waals surface area contributed by atoms with E-state index in [0.717, 1.165) is 6.07 Å². The lowest BCUT2D eigenvalue weighted by atomic mass is 10.3. The Hall–Kier alpha value is -2.06. The van der Waals surface area contributed by atoms with Gasteiger partial charge in [0.05, 0.1) is 22.8 Å². The predicted molar refractivity (Wildman–Crippen MR) is 67.1 cm³/mol. The molecule has 0 spiro atoms. The molecule has 0 saturated heterocycles. The van der Waals surface area contributed by atoms with Crippen LogP contribution in [0.4, 0.5) is 10.1 Å². The van der Waals surface area contributed by atoms with Crippen LogP contribution in [0.2, 0.25) is 0 Å². The van der Waals surface area contributed by atoms with Gasteiger partial charge in [-0.25, -0.2) is 17.9 Å². The fourth-order valence-electron chi connectivity index (χ4n) is 1.43. The molecule has 0 radical (unpaired) electrons. The summed E-state index contributed by atoms with van der Waals surface area (Å²) < 4.78 is 35.8. The van der Waals surface area contributed by atoms with E-state index in [9.17, 15) is 12.8 Å². The second-order valence-corrected chi connectivity index (χ2v) is 5.32. The number of sulfonamides is 1. The van der Waals surface area contributed by atoms with E-state index >= 15 is 0 Å². The van der Waals surface area contributed by atoms with E-state index in [2.05, 4.69) is 15.5 Å². The van der Waals surface area contributed by atoms with Crippen molar-refractivity contribution >= 4 is 15.7 Å². The molecule has 0 bridgehead atoms. The maximum Gasteiger partial charge on any atom is 0.238 e. The van der Waals surface area contributed by atoms with Crippen LogP contribution < -0.4 is 10.5 Å². The summed E-state index contributed by atoms with van der Waals surface area (Å²) in [5, 5.41) is 15.2. The lowest BCUT2D eigenvalue weighted by Crippen LogP contribution is -2.13. The zero-order valence-electron chi connectivity index (χ0n) is 9.75. The molecule has 3 N–H and O–H groups in total. The van der Waals surface area contributed by atoms with E-state index in [0.29, 0.717) is 5.69 Å². The summed E-state index contributed by atoms with van der Waals surface area (Å²) in [4.78, 5) is -0.268. The predicted octanol–water partition coefficient (Wildman–Crippen LogP) is 0.875. The fraction of sp³-hybridized carbons (Fsp3) is 0.0909. The van der Waals surface area contributed by atoms with Crippen molar-refractivity contribution in [1.29, 1.82) is 0 Å². The van der Waals surface area contributed by atoms with Crippen LogP contribution in [0.1, 0.15) is 5.69 Å². The Bertz CT molecular complexity index is 676. The molecule has 8 heteroatoms. The molecule has 0 fully saturated rings. The third kappa shape index (κ3) is 3.46. The summed E-state index contributed by atoms with van der Waals surface area (Å²) >= 11 is 0. The van der Waals surface area contributed by atoms with E-state index in [-0.39, 0.29) is 17.1 Å². The molecular weight excluding hydrogens is 271 g/mol. The Kier molecular flexibility index (Phi) is 3.72. The van der Waals surface area contributed by atoms with Gasteiger partial charge < -0.3 is 5.32 Å². The number of rotatable bonds is 4. The Morgan fingerprint density at radius 1 is 1.32 bits per heavy atom. The number of nitrogens with zero attached hydrogens (tertiary/aromatic N) is 2. The van der Waals surface area contributed by atoms with Gasteiger partial charge >= 0.3 is 0 Å². The first-order chi connectivity index (χ1) is 8.97. The Morgan fingerprint density at radius 2 is 2.11 bits per heavy atom. The van der Waals surface area contributed by atoms with Gasteiger partial charge in [-0.15, -0.1) is 0 Å². The quantitative estimate of drug-likeness (QED) is 0.867. The molecule has 0 aliphatic heterocycles. The van der Waals surface area contributed by atoms with Gasteiger partial charge in [0.2, 0.25) is 10.0 Å². The summed E-state index contributed by atoms with van der Waals surface area (Å²) in [5.74, 6) is -0.699. The minimum Gasteiger partial charge on any atom is -0.377 e. The molecule has 2 aromatic rings. The first-order valence-corrected chi connectivity index (χ1v) is 6.84. The number of hydrogen-bond acceptors (Lipinski definition) is 5. The maximum atomic E-state index is 13.7. The van der Waals surface area contributed by atoms with Crippen LogP contribution in [0, 0.1) is 5.82 Å². The van der Waals surface area contributed by atoms with Gasteiger partial charge in [0.1, 0.15) is 5.82 Å².